The average Bonchev–Trinajstić information content (AvgIpc) is 2.28. The summed E-state index contributed by atoms with van der Waals surface area (Å²) in [5.41, 5.74) is 0. The van der Waals surface area contributed by atoms with Crippen LogP contribution in [0.4, 0.5) is 0 Å². The van der Waals surface area contributed by atoms with E-state index in [1.165, 1.54) is 0 Å². The second-order valence-corrected chi connectivity index (χ2v) is 6.28. The van der Waals surface area contributed by atoms with Gasteiger partial charge in [-0.3, -0.25) is 0 Å². The minimum atomic E-state index is -4.68. The molecular weight excluding hydrogens is 318 g/mol. The molecule has 0 aliphatic rings. The van der Waals surface area contributed by atoms with Gasteiger partial charge in [0.15, 0.2) is 0 Å². The van der Waals surface area contributed by atoms with Crippen LogP contribution in [0.1, 0.15) is 0 Å². The maximum Gasteiger partial charge on any atom is 1.00 e. The van der Waals surface area contributed by atoms with Crippen LogP contribution in [0, 0.1) is 0 Å². The number of thiophene rings is 1. The Bertz CT molecular complexity index is 468. The summed E-state index contributed by atoms with van der Waals surface area (Å²) in [5, 5.41) is 0. The predicted molar refractivity (Wildman–Crippen MR) is 40.2 cm³/mol. The number of rotatable bonds is 2. The molecule has 0 fully saturated rings. The standard InChI is InChI=1S/C4H4O6S3.2K/c5-12(6,7)3-1-2-4(11-3)13(8,9)10;;/h1-2H,(H,5,6,7)(H,8,9,10);;/q;2*+1/p-2. The van der Waals surface area contributed by atoms with Crippen molar-refractivity contribution in [2.75, 3.05) is 0 Å². The average molecular weight is 320 g/mol. The second-order valence-electron chi connectivity index (χ2n) is 1.98. The van der Waals surface area contributed by atoms with E-state index in [0.29, 0.717) is 0 Å². The summed E-state index contributed by atoms with van der Waals surface area (Å²) in [6, 6.07) is 1.58. The van der Waals surface area contributed by atoms with Gasteiger partial charge in [0.1, 0.15) is 28.7 Å². The number of hydrogen-bond acceptors (Lipinski definition) is 7. The van der Waals surface area contributed by atoms with Crippen molar-refractivity contribution in [3.63, 3.8) is 0 Å². The van der Waals surface area contributed by atoms with Crippen molar-refractivity contribution in [2.45, 2.75) is 8.42 Å². The molecule has 6 nitrogen and oxygen atoms in total. The zero-order valence-electron chi connectivity index (χ0n) is 7.83. The van der Waals surface area contributed by atoms with Crippen LogP contribution in [-0.4, -0.2) is 25.9 Å². The molecule has 0 atom stereocenters. The first-order chi connectivity index (χ1) is 5.71. The molecule has 0 spiro atoms. The Morgan fingerprint density at radius 2 is 1.13 bits per heavy atom. The third kappa shape index (κ3) is 6.49. The molecule has 0 aliphatic carbocycles. The van der Waals surface area contributed by atoms with Crippen molar-refractivity contribution in [3.05, 3.63) is 12.1 Å². The van der Waals surface area contributed by atoms with E-state index < -0.39 is 28.7 Å². The SMILES string of the molecule is O=S(=O)([O-])c1ccc(S(=O)(=O)[O-])s1.[K+].[K+]. The van der Waals surface area contributed by atoms with Crippen molar-refractivity contribution in [3.8, 4) is 0 Å². The summed E-state index contributed by atoms with van der Waals surface area (Å²) in [7, 11) is -9.35. The van der Waals surface area contributed by atoms with Crippen molar-refractivity contribution < 1.29 is 129 Å². The third-order valence-electron chi connectivity index (χ3n) is 1.05. The van der Waals surface area contributed by atoms with Gasteiger partial charge in [-0.2, -0.15) is 0 Å². The van der Waals surface area contributed by atoms with Crippen LogP contribution in [-0.2, 0) is 20.2 Å². The van der Waals surface area contributed by atoms with Gasteiger partial charge >= 0.3 is 103 Å². The molecule has 0 unspecified atom stereocenters. The molecule has 0 N–H and O–H groups in total. The van der Waals surface area contributed by atoms with Crippen LogP contribution in [0.25, 0.3) is 0 Å². The Morgan fingerprint density at radius 1 is 0.867 bits per heavy atom. The Balaban J connectivity index is 0. The maximum absolute atomic E-state index is 10.3. The zero-order valence-corrected chi connectivity index (χ0v) is 16.5. The fourth-order valence-corrected chi connectivity index (χ4v) is 3.03. The minimum absolute atomic E-state index is 0. The first-order valence-electron chi connectivity index (χ1n) is 2.73. The summed E-state index contributed by atoms with van der Waals surface area (Å²) >= 11 is 0.146. The Kier molecular flexibility index (Phi) is 9.92. The first-order valence-corrected chi connectivity index (χ1v) is 6.36. The van der Waals surface area contributed by atoms with Gasteiger partial charge < -0.3 is 9.11 Å². The zero-order chi connectivity index (χ0) is 10.3. The first kappa shape index (κ1) is 20.1. The van der Waals surface area contributed by atoms with Gasteiger partial charge in [-0.05, 0) is 12.1 Å². The van der Waals surface area contributed by atoms with Crippen molar-refractivity contribution >= 4 is 31.6 Å². The van der Waals surface area contributed by atoms with E-state index in [0.717, 1.165) is 12.1 Å². The van der Waals surface area contributed by atoms with Crippen LogP contribution >= 0.6 is 11.3 Å². The van der Waals surface area contributed by atoms with Gasteiger partial charge in [0.25, 0.3) is 0 Å². The molecule has 0 saturated heterocycles. The number of hydrogen-bond donors (Lipinski definition) is 0. The summed E-state index contributed by atoms with van der Waals surface area (Å²) in [6.45, 7) is 0. The molecule has 74 valence electrons. The summed E-state index contributed by atoms with van der Waals surface area (Å²) in [5.74, 6) is 0. The second kappa shape index (κ2) is 7.40. The molecule has 1 aromatic heterocycles. The van der Waals surface area contributed by atoms with E-state index >= 15 is 0 Å². The van der Waals surface area contributed by atoms with Crippen LogP contribution in [0.5, 0.6) is 0 Å². The van der Waals surface area contributed by atoms with E-state index in [1.807, 2.05) is 0 Å². The monoisotopic (exact) mass is 320 g/mol. The normalized spacial score (nSPS) is 11.3. The summed E-state index contributed by atoms with van der Waals surface area (Å²) < 4.78 is 60.6. The molecule has 1 rings (SSSR count). The summed E-state index contributed by atoms with van der Waals surface area (Å²) in [4.78, 5) is 0. The largest absolute Gasteiger partial charge is 1.00 e. The van der Waals surface area contributed by atoms with Crippen LogP contribution < -0.4 is 103 Å². The Labute approximate surface area is 176 Å². The molecule has 0 saturated carbocycles. The van der Waals surface area contributed by atoms with Gasteiger partial charge in [0.05, 0.1) is 0 Å². The Hall–Kier alpha value is 2.79. The van der Waals surface area contributed by atoms with Gasteiger partial charge in [0.2, 0.25) is 0 Å². The van der Waals surface area contributed by atoms with Crippen molar-refractivity contribution in [1.82, 2.24) is 0 Å². The minimum Gasteiger partial charge on any atom is -0.743 e. The molecule has 0 bridgehead atoms. The van der Waals surface area contributed by atoms with E-state index in [1.54, 1.807) is 0 Å². The van der Waals surface area contributed by atoms with E-state index in [-0.39, 0.29) is 114 Å². The van der Waals surface area contributed by atoms with Crippen LogP contribution in [0.3, 0.4) is 0 Å². The molecular formula is C4H2K2O6S3. The molecule has 0 amide bonds. The predicted octanol–water partition coefficient (Wildman–Crippen LogP) is -6.44. The topological polar surface area (TPSA) is 114 Å². The van der Waals surface area contributed by atoms with Crippen molar-refractivity contribution in [1.29, 1.82) is 0 Å². The van der Waals surface area contributed by atoms with E-state index in [4.69, 9.17) is 0 Å². The van der Waals surface area contributed by atoms with Crippen LogP contribution in [0.2, 0.25) is 0 Å². The fourth-order valence-electron chi connectivity index (χ4n) is 0.572. The van der Waals surface area contributed by atoms with Gasteiger partial charge in [-0.25, -0.2) is 16.8 Å². The Morgan fingerprint density at radius 3 is 1.27 bits per heavy atom. The molecule has 0 radical (unpaired) electrons. The van der Waals surface area contributed by atoms with Crippen LogP contribution in [0.15, 0.2) is 20.6 Å². The third-order valence-corrected chi connectivity index (χ3v) is 4.71. The smallest absolute Gasteiger partial charge is 0.743 e. The van der Waals surface area contributed by atoms with Gasteiger partial charge in [-0.15, -0.1) is 11.3 Å². The van der Waals surface area contributed by atoms with E-state index in [2.05, 4.69) is 0 Å². The quantitative estimate of drug-likeness (QED) is 0.395. The molecule has 15 heavy (non-hydrogen) atoms. The molecule has 11 heteroatoms. The van der Waals surface area contributed by atoms with E-state index in [9.17, 15) is 25.9 Å². The van der Waals surface area contributed by atoms with Gasteiger partial charge in [0, 0.05) is 0 Å². The molecule has 1 aromatic rings. The maximum atomic E-state index is 10.3. The molecule has 0 aromatic carbocycles. The summed E-state index contributed by atoms with van der Waals surface area (Å²) in [6.07, 6.45) is 0. The fraction of sp³-hybridized carbons (Fsp3) is 0. The van der Waals surface area contributed by atoms with Gasteiger partial charge in [-0.1, -0.05) is 0 Å². The molecule has 1 heterocycles. The van der Waals surface area contributed by atoms with Crippen molar-refractivity contribution in [2.24, 2.45) is 0 Å². The molecule has 0 aliphatic heterocycles.